The van der Waals surface area contributed by atoms with E-state index >= 15 is 0 Å². The minimum atomic E-state index is -1.19. The molecule has 0 heterocycles. The van der Waals surface area contributed by atoms with E-state index in [0.29, 0.717) is 0 Å². The first-order valence-corrected chi connectivity index (χ1v) is 5.80. The van der Waals surface area contributed by atoms with Crippen molar-refractivity contribution in [1.82, 2.24) is 0 Å². The molecule has 0 aliphatic rings. The van der Waals surface area contributed by atoms with Crippen LogP contribution in [0.25, 0.3) is 0 Å². The van der Waals surface area contributed by atoms with Gasteiger partial charge in [0.2, 0.25) is 0 Å². The molecule has 2 aromatic rings. The van der Waals surface area contributed by atoms with Crippen LogP contribution in [0.5, 0.6) is 0 Å². The molecule has 0 saturated carbocycles. The second kappa shape index (κ2) is 5.92. The van der Waals surface area contributed by atoms with Crippen LogP contribution in [0.15, 0.2) is 36.4 Å². The molecule has 0 saturated heterocycles. The first kappa shape index (κ1) is 14.3. The fourth-order valence-corrected chi connectivity index (χ4v) is 1.68. The second-order valence-corrected chi connectivity index (χ2v) is 4.17. The van der Waals surface area contributed by atoms with Gasteiger partial charge in [-0.3, -0.25) is 0 Å². The van der Waals surface area contributed by atoms with E-state index in [1.54, 1.807) is 0 Å². The van der Waals surface area contributed by atoms with Crippen molar-refractivity contribution in [3.63, 3.8) is 0 Å². The Labute approximate surface area is 112 Å². The quantitative estimate of drug-likeness (QED) is 0.844. The van der Waals surface area contributed by atoms with Crippen molar-refractivity contribution >= 4 is 5.69 Å². The molecule has 0 aromatic heterocycles. The van der Waals surface area contributed by atoms with Gasteiger partial charge in [0.25, 0.3) is 0 Å². The van der Waals surface area contributed by atoms with E-state index in [1.807, 2.05) is 0 Å². The maximum absolute atomic E-state index is 13.3. The largest absolute Gasteiger partial charge is 0.387 e. The highest BCUT2D eigenvalue weighted by atomic mass is 19.2. The average molecular weight is 285 g/mol. The van der Waals surface area contributed by atoms with Gasteiger partial charge >= 0.3 is 0 Å². The number of hydrogen-bond acceptors (Lipinski definition) is 2. The molecule has 6 heteroatoms. The van der Waals surface area contributed by atoms with Gasteiger partial charge in [-0.1, -0.05) is 12.1 Å². The minimum Gasteiger partial charge on any atom is -0.387 e. The monoisotopic (exact) mass is 285 g/mol. The molecule has 106 valence electrons. The number of benzene rings is 2. The van der Waals surface area contributed by atoms with Gasteiger partial charge in [-0.15, -0.1) is 0 Å². The van der Waals surface area contributed by atoms with E-state index < -0.39 is 29.4 Å². The lowest BCUT2D eigenvalue weighted by molar-refractivity contribution is 0.191. The molecular formula is C14H11F4NO. The fourth-order valence-electron chi connectivity index (χ4n) is 1.68. The Hall–Kier alpha value is -2.08. The smallest absolute Gasteiger partial charge is 0.181 e. The lowest BCUT2D eigenvalue weighted by atomic mass is 10.1. The number of halogens is 4. The topological polar surface area (TPSA) is 32.3 Å². The van der Waals surface area contributed by atoms with Crippen LogP contribution in [-0.2, 0) is 0 Å². The molecule has 0 bridgehead atoms. The van der Waals surface area contributed by atoms with Gasteiger partial charge in [-0.05, 0) is 29.8 Å². The normalized spacial score (nSPS) is 12.2. The van der Waals surface area contributed by atoms with Gasteiger partial charge in [-0.2, -0.15) is 0 Å². The standard InChI is InChI=1S/C14H11F4NO/c15-9-5-4-8(6-11(9)17)13(20)7-19-12-3-1-2-10(16)14(12)18/h1-6,13,19-20H,7H2. The van der Waals surface area contributed by atoms with Gasteiger partial charge in [0.1, 0.15) is 0 Å². The molecule has 0 fully saturated rings. The SMILES string of the molecule is OC(CNc1cccc(F)c1F)c1ccc(F)c(F)c1. The lowest BCUT2D eigenvalue weighted by Gasteiger charge is -2.14. The Kier molecular flexibility index (Phi) is 4.24. The molecule has 2 N–H and O–H groups in total. The maximum Gasteiger partial charge on any atom is 0.181 e. The van der Waals surface area contributed by atoms with Crippen LogP contribution in [0, 0.1) is 23.3 Å². The Morgan fingerprint density at radius 1 is 0.950 bits per heavy atom. The number of hydrogen-bond donors (Lipinski definition) is 2. The first-order valence-electron chi connectivity index (χ1n) is 5.80. The van der Waals surface area contributed by atoms with Crippen molar-refractivity contribution < 1.29 is 22.7 Å². The van der Waals surface area contributed by atoms with Crippen LogP contribution < -0.4 is 5.32 Å². The number of aliphatic hydroxyl groups excluding tert-OH is 1. The van der Waals surface area contributed by atoms with Gasteiger partial charge in [-0.25, -0.2) is 17.6 Å². The average Bonchev–Trinajstić information content (AvgIpc) is 2.43. The summed E-state index contributed by atoms with van der Waals surface area (Å²) >= 11 is 0. The van der Waals surface area contributed by atoms with Gasteiger partial charge in [0, 0.05) is 6.54 Å². The molecule has 0 amide bonds. The molecule has 0 spiro atoms. The Balaban J connectivity index is 2.06. The van der Waals surface area contributed by atoms with Crippen LogP contribution in [0.4, 0.5) is 23.2 Å². The van der Waals surface area contributed by atoms with E-state index in [9.17, 15) is 22.7 Å². The summed E-state index contributed by atoms with van der Waals surface area (Å²) in [5, 5.41) is 12.3. The van der Waals surface area contributed by atoms with Crippen LogP contribution in [0.3, 0.4) is 0 Å². The molecule has 2 rings (SSSR count). The summed E-state index contributed by atoms with van der Waals surface area (Å²) in [6, 6.07) is 6.53. The summed E-state index contributed by atoms with van der Waals surface area (Å²) < 4.78 is 52.0. The van der Waals surface area contributed by atoms with E-state index in [4.69, 9.17) is 0 Å². The van der Waals surface area contributed by atoms with E-state index in [2.05, 4.69) is 5.32 Å². The van der Waals surface area contributed by atoms with E-state index in [0.717, 1.165) is 18.2 Å². The number of rotatable bonds is 4. The van der Waals surface area contributed by atoms with Crippen molar-refractivity contribution in [1.29, 1.82) is 0 Å². The van der Waals surface area contributed by atoms with Crippen molar-refractivity contribution in [3.8, 4) is 0 Å². The summed E-state index contributed by atoms with van der Waals surface area (Å²) in [7, 11) is 0. The van der Waals surface area contributed by atoms with Crippen molar-refractivity contribution in [2.24, 2.45) is 0 Å². The molecule has 2 nitrogen and oxygen atoms in total. The zero-order chi connectivity index (χ0) is 14.7. The Morgan fingerprint density at radius 2 is 1.70 bits per heavy atom. The maximum atomic E-state index is 13.3. The van der Waals surface area contributed by atoms with E-state index in [1.165, 1.54) is 18.2 Å². The third-order valence-electron chi connectivity index (χ3n) is 2.77. The fraction of sp³-hybridized carbons (Fsp3) is 0.143. The highest BCUT2D eigenvalue weighted by molar-refractivity contribution is 5.45. The predicted octanol–water partition coefficient (Wildman–Crippen LogP) is 3.39. The van der Waals surface area contributed by atoms with E-state index in [-0.39, 0.29) is 17.8 Å². The van der Waals surface area contributed by atoms with Gasteiger partial charge in [0.15, 0.2) is 23.3 Å². The van der Waals surface area contributed by atoms with Crippen LogP contribution >= 0.6 is 0 Å². The zero-order valence-electron chi connectivity index (χ0n) is 10.2. The molecule has 0 aliphatic carbocycles. The summed E-state index contributed by atoms with van der Waals surface area (Å²) in [4.78, 5) is 0. The minimum absolute atomic E-state index is 0.119. The summed E-state index contributed by atoms with van der Waals surface area (Å²) in [6.45, 7) is -0.175. The molecular weight excluding hydrogens is 274 g/mol. The lowest BCUT2D eigenvalue weighted by Crippen LogP contribution is -2.13. The summed E-state index contributed by atoms with van der Waals surface area (Å²) in [5.41, 5.74) is 0.0137. The van der Waals surface area contributed by atoms with Crippen LogP contribution in [-0.4, -0.2) is 11.7 Å². The summed E-state index contributed by atoms with van der Waals surface area (Å²) in [6.07, 6.45) is -1.19. The number of anilines is 1. The molecule has 1 atom stereocenters. The third kappa shape index (κ3) is 3.08. The number of aliphatic hydroxyl groups is 1. The Morgan fingerprint density at radius 3 is 2.40 bits per heavy atom. The molecule has 0 radical (unpaired) electrons. The van der Waals surface area contributed by atoms with Crippen molar-refractivity contribution in [2.75, 3.05) is 11.9 Å². The molecule has 0 aliphatic heterocycles. The second-order valence-electron chi connectivity index (χ2n) is 4.17. The Bertz CT molecular complexity index is 618. The van der Waals surface area contributed by atoms with Gasteiger partial charge in [0.05, 0.1) is 11.8 Å². The third-order valence-corrected chi connectivity index (χ3v) is 2.77. The first-order chi connectivity index (χ1) is 9.49. The highest BCUT2D eigenvalue weighted by Gasteiger charge is 2.13. The van der Waals surface area contributed by atoms with Crippen LogP contribution in [0.1, 0.15) is 11.7 Å². The van der Waals surface area contributed by atoms with Crippen LogP contribution in [0.2, 0.25) is 0 Å². The highest BCUT2D eigenvalue weighted by Crippen LogP contribution is 2.20. The van der Waals surface area contributed by atoms with Crippen molar-refractivity contribution in [2.45, 2.75) is 6.10 Å². The summed E-state index contributed by atoms with van der Waals surface area (Å²) in [5.74, 6) is -4.19. The van der Waals surface area contributed by atoms with Crippen molar-refractivity contribution in [3.05, 3.63) is 65.2 Å². The molecule has 20 heavy (non-hydrogen) atoms. The number of nitrogens with one attached hydrogen (secondary N) is 1. The molecule has 2 aromatic carbocycles. The molecule has 1 unspecified atom stereocenters. The predicted molar refractivity (Wildman–Crippen MR) is 66.2 cm³/mol. The zero-order valence-corrected chi connectivity index (χ0v) is 10.2. The van der Waals surface area contributed by atoms with Gasteiger partial charge < -0.3 is 10.4 Å².